The number of benzene rings is 1. The van der Waals surface area contributed by atoms with Gasteiger partial charge in [-0.05, 0) is 77.5 Å². The fourth-order valence-electron chi connectivity index (χ4n) is 4.91. The zero-order chi connectivity index (χ0) is 22.3. The van der Waals surface area contributed by atoms with Crippen molar-refractivity contribution in [3.05, 3.63) is 40.6 Å². The van der Waals surface area contributed by atoms with E-state index in [4.69, 9.17) is 9.73 Å². The Bertz CT molecular complexity index is 970. The lowest BCUT2D eigenvalue weighted by molar-refractivity contribution is -0.128. The predicted molar refractivity (Wildman–Crippen MR) is 123 cm³/mol. The van der Waals surface area contributed by atoms with Crippen LogP contribution in [-0.2, 0) is 14.9 Å². The lowest BCUT2D eigenvalue weighted by Crippen LogP contribution is -2.65. The second-order valence-corrected chi connectivity index (χ2v) is 9.56. The minimum atomic E-state index is -0.667. The average molecular weight is 424 g/mol. The second-order valence-electron chi connectivity index (χ2n) is 9.56. The van der Waals surface area contributed by atoms with Gasteiger partial charge in [-0.15, -0.1) is 0 Å². The number of amides is 2. The van der Waals surface area contributed by atoms with Crippen LogP contribution in [-0.4, -0.2) is 48.4 Å². The van der Waals surface area contributed by atoms with Gasteiger partial charge in [-0.25, -0.2) is 4.79 Å². The van der Waals surface area contributed by atoms with E-state index in [1.165, 1.54) is 24.1 Å². The molecule has 6 nitrogen and oxygen atoms in total. The summed E-state index contributed by atoms with van der Waals surface area (Å²) in [6.07, 6.45) is 4.02. The minimum absolute atomic E-state index is 0.0607. The normalized spacial score (nSPS) is 20.5. The smallest absolute Gasteiger partial charge is 0.410 e. The third kappa shape index (κ3) is 3.88. The molecule has 1 aromatic carbocycles. The molecule has 0 atom stereocenters. The number of nitrogens with zero attached hydrogens (tertiary/aromatic N) is 3. The summed E-state index contributed by atoms with van der Waals surface area (Å²) in [6.45, 7) is 11.1. The van der Waals surface area contributed by atoms with Crippen LogP contribution in [0.2, 0.25) is 0 Å². The molecule has 1 saturated heterocycles. The maximum absolute atomic E-state index is 13.6. The van der Waals surface area contributed by atoms with Crippen molar-refractivity contribution in [1.82, 2.24) is 4.90 Å². The van der Waals surface area contributed by atoms with Crippen molar-refractivity contribution in [3.63, 3.8) is 0 Å². The molecule has 2 amide bonds. The Labute approximate surface area is 185 Å². The summed E-state index contributed by atoms with van der Waals surface area (Å²) in [6, 6.07) is 6.17. The number of aryl methyl sites for hydroxylation is 1. The Morgan fingerprint density at radius 2 is 1.90 bits per heavy atom. The van der Waals surface area contributed by atoms with E-state index in [1.54, 1.807) is 4.90 Å². The van der Waals surface area contributed by atoms with Crippen LogP contribution in [0.5, 0.6) is 0 Å². The van der Waals surface area contributed by atoms with Gasteiger partial charge in [-0.2, -0.15) is 0 Å². The molecule has 4 rings (SSSR count). The SMILES string of the molecule is CC(CN1C(=O)C2(CN(C(=O)OC(C)C)C2)c2ccc(C)cc21)=NC1=C(C)CCCC1. The van der Waals surface area contributed by atoms with Crippen molar-refractivity contribution in [2.75, 3.05) is 24.5 Å². The highest BCUT2D eigenvalue weighted by Crippen LogP contribution is 2.48. The predicted octanol–water partition coefficient (Wildman–Crippen LogP) is 4.75. The van der Waals surface area contributed by atoms with Crippen LogP contribution in [0.15, 0.2) is 34.5 Å². The van der Waals surface area contributed by atoms with Gasteiger partial charge >= 0.3 is 6.09 Å². The molecule has 1 aliphatic carbocycles. The summed E-state index contributed by atoms with van der Waals surface area (Å²) in [5, 5.41) is 0. The van der Waals surface area contributed by atoms with E-state index in [0.29, 0.717) is 19.6 Å². The Kier molecular flexibility index (Phi) is 5.67. The molecule has 31 heavy (non-hydrogen) atoms. The largest absolute Gasteiger partial charge is 0.447 e. The van der Waals surface area contributed by atoms with Crippen molar-refractivity contribution >= 4 is 23.4 Å². The summed E-state index contributed by atoms with van der Waals surface area (Å²) in [4.78, 5) is 34.3. The maximum atomic E-state index is 13.6. The first-order valence-corrected chi connectivity index (χ1v) is 11.3. The molecule has 0 aromatic heterocycles. The molecular formula is C25H33N3O3. The van der Waals surface area contributed by atoms with Crippen LogP contribution in [0, 0.1) is 6.92 Å². The highest BCUT2D eigenvalue weighted by molar-refractivity contribution is 6.12. The fourth-order valence-corrected chi connectivity index (χ4v) is 4.91. The first-order valence-electron chi connectivity index (χ1n) is 11.3. The van der Waals surface area contributed by atoms with Crippen molar-refractivity contribution in [3.8, 4) is 0 Å². The van der Waals surface area contributed by atoms with E-state index in [1.807, 2.05) is 44.7 Å². The fraction of sp³-hybridized carbons (Fsp3) is 0.560. The monoisotopic (exact) mass is 423 g/mol. The third-order valence-electron chi connectivity index (χ3n) is 6.55. The Balaban J connectivity index is 1.59. The lowest BCUT2D eigenvalue weighted by atomic mass is 9.74. The van der Waals surface area contributed by atoms with Crippen molar-refractivity contribution in [2.24, 2.45) is 4.99 Å². The van der Waals surface area contributed by atoms with Crippen molar-refractivity contribution in [2.45, 2.75) is 71.8 Å². The maximum Gasteiger partial charge on any atom is 0.410 e. The number of aliphatic imine (C=N–C) groups is 1. The van der Waals surface area contributed by atoms with E-state index < -0.39 is 5.41 Å². The van der Waals surface area contributed by atoms with Gasteiger partial charge in [0.05, 0.1) is 12.6 Å². The van der Waals surface area contributed by atoms with E-state index in [-0.39, 0.29) is 18.1 Å². The highest BCUT2D eigenvalue weighted by atomic mass is 16.6. The van der Waals surface area contributed by atoms with Crippen LogP contribution in [0.4, 0.5) is 10.5 Å². The summed E-state index contributed by atoms with van der Waals surface area (Å²) in [5.74, 6) is 0.0607. The molecular weight excluding hydrogens is 390 g/mol. The molecule has 166 valence electrons. The number of ether oxygens (including phenoxy) is 1. The van der Waals surface area contributed by atoms with E-state index in [2.05, 4.69) is 13.0 Å². The van der Waals surface area contributed by atoms with Gasteiger partial charge < -0.3 is 14.5 Å². The molecule has 0 N–H and O–H groups in total. The molecule has 1 fully saturated rings. The number of likely N-dealkylation sites (tertiary alicyclic amines) is 1. The Morgan fingerprint density at radius 3 is 2.58 bits per heavy atom. The minimum Gasteiger partial charge on any atom is -0.447 e. The van der Waals surface area contributed by atoms with Crippen LogP contribution < -0.4 is 4.90 Å². The highest BCUT2D eigenvalue weighted by Gasteiger charge is 2.59. The molecule has 0 bridgehead atoms. The molecule has 6 heteroatoms. The average Bonchev–Trinajstić information content (AvgIpc) is 2.90. The summed E-state index contributed by atoms with van der Waals surface area (Å²) in [5.41, 5.74) is 5.90. The zero-order valence-electron chi connectivity index (χ0n) is 19.3. The summed E-state index contributed by atoms with van der Waals surface area (Å²) < 4.78 is 5.32. The number of hydrogen-bond acceptors (Lipinski definition) is 4. The Hall–Kier alpha value is -2.63. The molecule has 2 heterocycles. The number of fused-ring (bicyclic) bond motifs is 2. The number of carbonyl (C=O) groups excluding carboxylic acids is 2. The van der Waals surface area contributed by atoms with Gasteiger partial charge in [-0.3, -0.25) is 9.79 Å². The van der Waals surface area contributed by atoms with Gasteiger partial charge in [0.1, 0.15) is 5.41 Å². The Morgan fingerprint density at radius 1 is 1.19 bits per heavy atom. The summed E-state index contributed by atoms with van der Waals surface area (Å²) in [7, 11) is 0. The summed E-state index contributed by atoms with van der Waals surface area (Å²) >= 11 is 0. The number of anilines is 1. The van der Waals surface area contributed by atoms with Gasteiger partial charge in [0, 0.05) is 30.2 Å². The molecule has 2 aliphatic heterocycles. The molecule has 0 saturated carbocycles. The molecule has 0 unspecified atom stereocenters. The van der Waals surface area contributed by atoms with E-state index in [0.717, 1.165) is 35.4 Å². The van der Waals surface area contributed by atoms with Gasteiger partial charge in [0.2, 0.25) is 5.91 Å². The van der Waals surface area contributed by atoms with Crippen molar-refractivity contribution < 1.29 is 14.3 Å². The number of carbonyl (C=O) groups is 2. The zero-order valence-corrected chi connectivity index (χ0v) is 19.3. The number of hydrogen-bond donors (Lipinski definition) is 0. The van der Waals surface area contributed by atoms with E-state index >= 15 is 0 Å². The van der Waals surface area contributed by atoms with Crippen molar-refractivity contribution in [1.29, 1.82) is 0 Å². The standard InChI is InChI=1S/C25H33N3O3/c1-16(2)31-24(30)27-14-25(15-27)20-11-10-17(3)12-22(20)28(23(25)29)13-19(5)26-21-9-7-6-8-18(21)4/h10-12,16H,6-9,13-15H2,1-5H3. The van der Waals surface area contributed by atoms with Gasteiger partial charge in [-0.1, -0.05) is 17.7 Å². The molecule has 1 aromatic rings. The number of allylic oxidation sites excluding steroid dienone is 2. The lowest BCUT2D eigenvalue weighted by Gasteiger charge is -2.46. The first kappa shape index (κ1) is 21.6. The quantitative estimate of drug-likeness (QED) is 0.657. The van der Waals surface area contributed by atoms with Gasteiger partial charge in [0.15, 0.2) is 0 Å². The van der Waals surface area contributed by atoms with Gasteiger partial charge in [0.25, 0.3) is 0 Å². The molecule has 0 radical (unpaired) electrons. The van der Waals surface area contributed by atoms with Crippen LogP contribution >= 0.6 is 0 Å². The number of rotatable bonds is 4. The topological polar surface area (TPSA) is 62.2 Å². The molecule has 1 spiro atoms. The third-order valence-corrected chi connectivity index (χ3v) is 6.55. The second kappa shape index (κ2) is 8.13. The van der Waals surface area contributed by atoms with Crippen LogP contribution in [0.3, 0.4) is 0 Å². The molecule has 3 aliphatic rings. The van der Waals surface area contributed by atoms with Crippen LogP contribution in [0.25, 0.3) is 0 Å². The first-order chi connectivity index (χ1) is 14.7. The van der Waals surface area contributed by atoms with Crippen LogP contribution in [0.1, 0.15) is 64.5 Å². The van der Waals surface area contributed by atoms with E-state index in [9.17, 15) is 9.59 Å².